The average Bonchev–Trinajstić information content (AvgIpc) is 2.57. The number of nitrogens with zero attached hydrogens (tertiary/aromatic N) is 1. The third-order valence-corrected chi connectivity index (χ3v) is 2.25. The number of carbonyl (C=O) groups excluding carboxylic acids is 1. The van der Waals surface area contributed by atoms with E-state index in [-0.39, 0.29) is 0 Å². The SMILES string of the molecule is NC(=O)C#Cc1c[nH]c2ncc(Br)cc12. The van der Waals surface area contributed by atoms with Crippen LogP contribution in [0.2, 0.25) is 0 Å². The second kappa shape index (κ2) is 3.75. The van der Waals surface area contributed by atoms with Crippen LogP contribution in [0.4, 0.5) is 0 Å². The van der Waals surface area contributed by atoms with Gasteiger partial charge >= 0.3 is 0 Å². The van der Waals surface area contributed by atoms with Gasteiger partial charge in [0.05, 0.1) is 5.56 Å². The molecule has 0 atom stereocenters. The van der Waals surface area contributed by atoms with Gasteiger partial charge < -0.3 is 10.7 Å². The maximum Gasteiger partial charge on any atom is 0.293 e. The van der Waals surface area contributed by atoms with E-state index in [9.17, 15) is 4.79 Å². The van der Waals surface area contributed by atoms with Gasteiger partial charge in [0, 0.05) is 28.2 Å². The lowest BCUT2D eigenvalue weighted by molar-refractivity contribution is -0.112. The summed E-state index contributed by atoms with van der Waals surface area (Å²) in [6, 6.07) is 1.88. The molecule has 0 bridgehead atoms. The minimum absolute atomic E-state index is 0.646. The number of aromatic amines is 1. The summed E-state index contributed by atoms with van der Waals surface area (Å²) in [5.41, 5.74) is 6.37. The number of hydrogen-bond donors (Lipinski definition) is 2. The molecule has 0 saturated carbocycles. The second-order valence-corrected chi connectivity index (χ2v) is 3.78. The minimum atomic E-state index is -0.646. The normalized spacial score (nSPS) is 9.67. The lowest BCUT2D eigenvalue weighted by Gasteiger charge is -1.90. The maximum atomic E-state index is 10.5. The first-order chi connectivity index (χ1) is 7.16. The van der Waals surface area contributed by atoms with Crippen molar-refractivity contribution in [2.75, 3.05) is 0 Å². The summed E-state index contributed by atoms with van der Waals surface area (Å²) in [7, 11) is 0. The molecule has 2 aromatic heterocycles. The molecule has 0 saturated heterocycles. The zero-order chi connectivity index (χ0) is 10.8. The Kier molecular flexibility index (Phi) is 2.44. The number of H-pyrrole nitrogens is 1. The predicted molar refractivity (Wildman–Crippen MR) is 59.9 cm³/mol. The topological polar surface area (TPSA) is 71.8 Å². The molecule has 0 fully saturated rings. The molecule has 0 aliphatic rings. The van der Waals surface area contributed by atoms with Crippen LogP contribution in [0.3, 0.4) is 0 Å². The molecule has 0 radical (unpaired) electrons. The first-order valence-electron chi connectivity index (χ1n) is 4.11. The van der Waals surface area contributed by atoms with E-state index in [1.807, 2.05) is 6.07 Å². The molecule has 0 aromatic carbocycles. The van der Waals surface area contributed by atoms with Crippen molar-refractivity contribution in [2.24, 2.45) is 5.73 Å². The Labute approximate surface area is 94.0 Å². The Bertz CT molecular complexity index is 591. The highest BCUT2D eigenvalue weighted by atomic mass is 79.9. The largest absolute Gasteiger partial charge is 0.359 e. The van der Waals surface area contributed by atoms with E-state index in [1.54, 1.807) is 12.4 Å². The third-order valence-electron chi connectivity index (χ3n) is 1.82. The van der Waals surface area contributed by atoms with Crippen molar-refractivity contribution in [3.05, 3.63) is 28.5 Å². The number of aromatic nitrogens is 2. The Morgan fingerprint density at radius 1 is 1.60 bits per heavy atom. The highest BCUT2D eigenvalue weighted by Crippen LogP contribution is 2.19. The second-order valence-electron chi connectivity index (χ2n) is 2.87. The number of carbonyl (C=O) groups is 1. The van der Waals surface area contributed by atoms with Gasteiger partial charge in [-0.15, -0.1) is 0 Å². The summed E-state index contributed by atoms with van der Waals surface area (Å²) < 4.78 is 0.858. The first kappa shape index (κ1) is 9.74. The molecule has 3 N–H and O–H groups in total. The number of fused-ring (bicyclic) bond motifs is 1. The quantitative estimate of drug-likeness (QED) is 0.701. The Morgan fingerprint density at radius 3 is 3.13 bits per heavy atom. The summed E-state index contributed by atoms with van der Waals surface area (Å²) in [4.78, 5) is 17.6. The van der Waals surface area contributed by atoms with Crippen molar-refractivity contribution >= 4 is 32.9 Å². The van der Waals surface area contributed by atoms with Crippen molar-refractivity contribution in [1.29, 1.82) is 0 Å². The highest BCUT2D eigenvalue weighted by Gasteiger charge is 2.02. The van der Waals surface area contributed by atoms with Crippen molar-refractivity contribution in [2.45, 2.75) is 0 Å². The maximum absolute atomic E-state index is 10.5. The average molecular weight is 264 g/mol. The molecule has 1 amide bonds. The minimum Gasteiger partial charge on any atom is -0.359 e. The predicted octanol–water partition coefficient (Wildman–Crippen LogP) is 1.16. The van der Waals surface area contributed by atoms with Crippen LogP contribution < -0.4 is 5.73 Å². The van der Waals surface area contributed by atoms with E-state index < -0.39 is 5.91 Å². The van der Waals surface area contributed by atoms with Gasteiger partial charge in [0.15, 0.2) is 0 Å². The van der Waals surface area contributed by atoms with Crippen LogP contribution in [-0.2, 0) is 4.79 Å². The molecule has 4 nitrogen and oxygen atoms in total. The molecule has 0 spiro atoms. The zero-order valence-electron chi connectivity index (χ0n) is 7.54. The van der Waals surface area contributed by atoms with E-state index in [4.69, 9.17) is 5.73 Å². The van der Waals surface area contributed by atoms with E-state index in [0.29, 0.717) is 5.56 Å². The van der Waals surface area contributed by atoms with Gasteiger partial charge in [0.25, 0.3) is 5.91 Å². The molecular weight excluding hydrogens is 258 g/mol. The van der Waals surface area contributed by atoms with Crippen molar-refractivity contribution in [3.8, 4) is 11.8 Å². The Balaban J connectivity index is 2.59. The fourth-order valence-electron chi connectivity index (χ4n) is 1.21. The van der Waals surface area contributed by atoms with Gasteiger partial charge in [-0.3, -0.25) is 4.79 Å². The van der Waals surface area contributed by atoms with Crippen LogP contribution in [-0.4, -0.2) is 15.9 Å². The summed E-state index contributed by atoms with van der Waals surface area (Å²) in [5, 5.41) is 0.859. The molecule has 74 valence electrons. The number of hydrogen-bond acceptors (Lipinski definition) is 2. The number of pyridine rings is 1. The summed E-state index contributed by atoms with van der Waals surface area (Å²) in [5.74, 6) is 4.32. The number of halogens is 1. The van der Waals surface area contributed by atoms with Crippen molar-refractivity contribution in [3.63, 3.8) is 0 Å². The molecular formula is C10H6BrN3O. The first-order valence-corrected chi connectivity index (χ1v) is 4.90. The van der Waals surface area contributed by atoms with Crippen LogP contribution in [0.5, 0.6) is 0 Å². The summed E-state index contributed by atoms with van der Waals surface area (Å²) in [6.45, 7) is 0. The number of nitrogens with two attached hydrogens (primary N) is 1. The molecule has 15 heavy (non-hydrogen) atoms. The lowest BCUT2D eigenvalue weighted by Crippen LogP contribution is -2.06. The molecule has 5 heteroatoms. The number of rotatable bonds is 0. The molecule has 0 aliphatic carbocycles. The molecule has 2 rings (SSSR count). The van der Waals surface area contributed by atoms with E-state index in [0.717, 1.165) is 15.5 Å². The fourth-order valence-corrected chi connectivity index (χ4v) is 1.54. The summed E-state index contributed by atoms with van der Waals surface area (Å²) in [6.07, 6.45) is 3.38. The van der Waals surface area contributed by atoms with E-state index in [1.165, 1.54) is 0 Å². The molecule has 0 aliphatic heterocycles. The number of amides is 1. The van der Waals surface area contributed by atoms with Crippen LogP contribution >= 0.6 is 15.9 Å². The van der Waals surface area contributed by atoms with Crippen LogP contribution in [0.25, 0.3) is 11.0 Å². The van der Waals surface area contributed by atoms with Gasteiger partial charge in [-0.05, 0) is 22.0 Å². The van der Waals surface area contributed by atoms with Gasteiger partial charge in [-0.25, -0.2) is 4.98 Å². The monoisotopic (exact) mass is 263 g/mol. The van der Waals surface area contributed by atoms with Gasteiger partial charge in [-0.1, -0.05) is 5.92 Å². The fraction of sp³-hybridized carbons (Fsp3) is 0. The van der Waals surface area contributed by atoms with Crippen LogP contribution in [0.1, 0.15) is 5.56 Å². The number of nitrogens with one attached hydrogen (secondary N) is 1. The Morgan fingerprint density at radius 2 is 2.40 bits per heavy atom. The molecule has 2 aromatic rings. The van der Waals surface area contributed by atoms with Gasteiger partial charge in [0.2, 0.25) is 0 Å². The zero-order valence-corrected chi connectivity index (χ0v) is 9.13. The Hall–Kier alpha value is -1.80. The molecule has 0 unspecified atom stereocenters. The smallest absolute Gasteiger partial charge is 0.293 e. The van der Waals surface area contributed by atoms with E-state index in [2.05, 4.69) is 37.7 Å². The number of primary amides is 1. The van der Waals surface area contributed by atoms with Gasteiger partial charge in [0.1, 0.15) is 5.65 Å². The third kappa shape index (κ3) is 2.00. The summed E-state index contributed by atoms with van der Waals surface area (Å²) >= 11 is 3.32. The van der Waals surface area contributed by atoms with E-state index >= 15 is 0 Å². The van der Waals surface area contributed by atoms with Crippen LogP contribution in [0, 0.1) is 11.8 Å². The van der Waals surface area contributed by atoms with Crippen molar-refractivity contribution < 1.29 is 4.79 Å². The lowest BCUT2D eigenvalue weighted by atomic mass is 10.2. The standard InChI is InChI=1S/C10H6BrN3O/c11-7-3-8-6(1-2-9(12)15)4-13-10(8)14-5-7/h3-5H,(H2,12,15)(H,13,14). The van der Waals surface area contributed by atoms with Crippen molar-refractivity contribution in [1.82, 2.24) is 9.97 Å². The van der Waals surface area contributed by atoms with Crippen LogP contribution in [0.15, 0.2) is 22.9 Å². The molecule has 2 heterocycles. The van der Waals surface area contributed by atoms with Gasteiger partial charge in [-0.2, -0.15) is 0 Å². The highest BCUT2D eigenvalue weighted by molar-refractivity contribution is 9.10.